The Balaban J connectivity index is 1.54. The highest BCUT2D eigenvalue weighted by Gasteiger charge is 2.17. The molecular weight excluding hydrogens is 422 g/mol. The monoisotopic (exact) mass is 443 g/mol. The quantitative estimate of drug-likeness (QED) is 0.420. The van der Waals surface area contributed by atoms with Gasteiger partial charge in [-0.2, -0.15) is 0 Å². The molecule has 8 heteroatoms. The van der Waals surface area contributed by atoms with E-state index in [1.165, 1.54) is 32.4 Å². The van der Waals surface area contributed by atoms with Crippen LogP contribution >= 0.6 is 0 Å². The van der Waals surface area contributed by atoms with Crippen molar-refractivity contribution in [2.75, 3.05) is 20.8 Å². The molecule has 0 aliphatic carbocycles. The van der Waals surface area contributed by atoms with Crippen molar-refractivity contribution in [2.24, 2.45) is 0 Å². The molecule has 0 fully saturated rings. The molecule has 0 radical (unpaired) electrons. The van der Waals surface area contributed by atoms with Crippen molar-refractivity contribution < 1.29 is 24.2 Å². The molecule has 0 unspecified atom stereocenters. The second kappa shape index (κ2) is 9.35. The summed E-state index contributed by atoms with van der Waals surface area (Å²) in [6.45, 7) is -0.266. The fraction of sp³-hybridized carbons (Fsp3) is 0.120. The van der Waals surface area contributed by atoms with E-state index in [9.17, 15) is 14.7 Å². The number of rotatable bonds is 7. The molecule has 0 saturated carbocycles. The van der Waals surface area contributed by atoms with Crippen molar-refractivity contribution in [3.05, 3.63) is 78.2 Å². The fourth-order valence-electron chi connectivity index (χ4n) is 3.44. The van der Waals surface area contributed by atoms with Crippen molar-refractivity contribution >= 4 is 22.5 Å². The number of hydrogen-bond donors (Lipinski definition) is 2. The van der Waals surface area contributed by atoms with E-state index in [1.54, 1.807) is 24.5 Å². The topological polar surface area (TPSA) is 111 Å². The van der Waals surface area contributed by atoms with Crippen LogP contribution in [0.1, 0.15) is 20.8 Å². The Morgan fingerprint density at radius 1 is 0.970 bits per heavy atom. The molecule has 4 aromatic rings. The zero-order chi connectivity index (χ0) is 23.4. The van der Waals surface area contributed by atoms with E-state index in [1.807, 2.05) is 24.3 Å². The van der Waals surface area contributed by atoms with Crippen molar-refractivity contribution in [2.45, 2.75) is 0 Å². The standard InChI is InChI=1S/C25H21N3O5/c1-32-22-10-7-15(11-23(22)33-2)25(31)27-14-21(30)19-8-9-20(29)24(28-19)18-13-26-12-16-5-3-4-6-17(16)18/h3-13,29H,14H2,1-2H3,(H,27,31). The van der Waals surface area contributed by atoms with Crippen molar-refractivity contribution in [1.29, 1.82) is 0 Å². The van der Waals surface area contributed by atoms with Gasteiger partial charge in [0.1, 0.15) is 17.1 Å². The average Bonchev–Trinajstić information content (AvgIpc) is 2.86. The van der Waals surface area contributed by atoms with Gasteiger partial charge in [0.15, 0.2) is 17.3 Å². The van der Waals surface area contributed by atoms with Crippen LogP contribution in [0.2, 0.25) is 0 Å². The number of nitrogens with zero attached hydrogens (tertiary/aromatic N) is 2. The molecule has 0 aliphatic heterocycles. The summed E-state index contributed by atoms with van der Waals surface area (Å²) >= 11 is 0. The van der Waals surface area contributed by atoms with E-state index in [0.29, 0.717) is 22.6 Å². The average molecular weight is 443 g/mol. The Morgan fingerprint density at radius 3 is 2.55 bits per heavy atom. The third-order valence-corrected chi connectivity index (χ3v) is 5.14. The number of methoxy groups -OCH3 is 2. The Morgan fingerprint density at radius 2 is 1.76 bits per heavy atom. The number of ketones is 1. The maximum absolute atomic E-state index is 12.7. The highest BCUT2D eigenvalue weighted by molar-refractivity contribution is 6.02. The van der Waals surface area contributed by atoms with E-state index in [2.05, 4.69) is 15.3 Å². The second-order valence-corrected chi connectivity index (χ2v) is 7.15. The number of ether oxygens (including phenoxy) is 2. The lowest BCUT2D eigenvalue weighted by Gasteiger charge is -2.11. The molecule has 2 aromatic heterocycles. The van der Waals surface area contributed by atoms with Gasteiger partial charge >= 0.3 is 0 Å². The number of fused-ring (bicyclic) bond motifs is 1. The first-order chi connectivity index (χ1) is 16.0. The van der Waals surface area contributed by atoms with Gasteiger partial charge in [-0.15, -0.1) is 0 Å². The molecule has 0 saturated heterocycles. The molecule has 2 aromatic carbocycles. The molecule has 1 amide bonds. The molecule has 0 aliphatic rings. The van der Waals surface area contributed by atoms with Gasteiger partial charge in [0.05, 0.1) is 20.8 Å². The number of carbonyl (C=O) groups excluding carboxylic acids is 2. The lowest BCUT2D eigenvalue weighted by molar-refractivity contribution is 0.0902. The zero-order valence-corrected chi connectivity index (χ0v) is 18.0. The Kier molecular flexibility index (Phi) is 6.17. The summed E-state index contributed by atoms with van der Waals surface area (Å²) in [4.78, 5) is 33.8. The third kappa shape index (κ3) is 4.45. The summed E-state index contributed by atoms with van der Waals surface area (Å²) in [5.41, 5.74) is 1.29. The van der Waals surface area contributed by atoms with E-state index in [-0.39, 0.29) is 23.7 Å². The van der Waals surface area contributed by atoms with Gasteiger partial charge in [0.2, 0.25) is 0 Å². The van der Waals surface area contributed by atoms with Crippen molar-refractivity contribution in [3.63, 3.8) is 0 Å². The number of Topliss-reactive ketones (excluding diaryl/α,β-unsaturated/α-hetero) is 1. The lowest BCUT2D eigenvalue weighted by atomic mass is 10.0. The van der Waals surface area contributed by atoms with Gasteiger partial charge in [-0.1, -0.05) is 24.3 Å². The Hall–Kier alpha value is -4.46. The van der Waals surface area contributed by atoms with Crippen LogP contribution in [0, 0.1) is 0 Å². The van der Waals surface area contributed by atoms with Gasteiger partial charge in [0, 0.05) is 28.9 Å². The van der Waals surface area contributed by atoms with Crippen LogP contribution in [-0.2, 0) is 0 Å². The lowest BCUT2D eigenvalue weighted by Crippen LogP contribution is -2.30. The maximum Gasteiger partial charge on any atom is 0.251 e. The highest BCUT2D eigenvalue weighted by atomic mass is 16.5. The van der Waals surface area contributed by atoms with E-state index < -0.39 is 11.7 Å². The predicted octanol–water partition coefficient (Wildman–Crippen LogP) is 3.63. The number of pyridine rings is 2. The summed E-state index contributed by atoms with van der Waals surface area (Å²) in [6, 6.07) is 15.1. The normalized spacial score (nSPS) is 10.6. The van der Waals surface area contributed by atoms with Gasteiger partial charge in [-0.05, 0) is 35.7 Å². The molecule has 0 bridgehead atoms. The third-order valence-electron chi connectivity index (χ3n) is 5.14. The van der Waals surface area contributed by atoms with Crippen molar-refractivity contribution in [3.8, 4) is 28.5 Å². The van der Waals surface area contributed by atoms with Crippen LogP contribution in [0.3, 0.4) is 0 Å². The summed E-state index contributed by atoms with van der Waals surface area (Å²) < 4.78 is 10.4. The minimum absolute atomic E-state index is 0.0703. The minimum Gasteiger partial charge on any atom is -0.506 e. The second-order valence-electron chi connectivity index (χ2n) is 7.15. The molecule has 0 spiro atoms. The van der Waals surface area contributed by atoms with Crippen LogP contribution < -0.4 is 14.8 Å². The van der Waals surface area contributed by atoms with Gasteiger partial charge < -0.3 is 19.9 Å². The molecular formula is C25H21N3O5. The number of carbonyl (C=O) groups is 2. The molecule has 0 atom stereocenters. The van der Waals surface area contributed by atoms with Crippen LogP contribution in [0.25, 0.3) is 22.0 Å². The highest BCUT2D eigenvalue weighted by Crippen LogP contribution is 2.32. The SMILES string of the molecule is COc1ccc(C(=O)NCC(=O)c2ccc(O)c(-c3cncc4ccccc34)n2)cc1OC. The summed E-state index contributed by atoms with van der Waals surface area (Å²) in [7, 11) is 2.98. The van der Waals surface area contributed by atoms with E-state index in [0.717, 1.165) is 10.8 Å². The zero-order valence-electron chi connectivity index (χ0n) is 18.0. The van der Waals surface area contributed by atoms with Crippen LogP contribution in [0.4, 0.5) is 0 Å². The number of aromatic hydroxyl groups is 1. The van der Waals surface area contributed by atoms with Crippen LogP contribution in [0.15, 0.2) is 67.0 Å². The first-order valence-corrected chi connectivity index (χ1v) is 10.1. The molecule has 166 valence electrons. The van der Waals surface area contributed by atoms with Crippen LogP contribution in [-0.4, -0.2) is 47.5 Å². The molecule has 33 heavy (non-hydrogen) atoms. The molecule has 8 nitrogen and oxygen atoms in total. The smallest absolute Gasteiger partial charge is 0.251 e. The number of nitrogens with one attached hydrogen (secondary N) is 1. The summed E-state index contributed by atoms with van der Waals surface area (Å²) in [5.74, 6) is -0.0159. The largest absolute Gasteiger partial charge is 0.506 e. The number of amides is 1. The minimum atomic E-state index is -0.443. The van der Waals surface area contributed by atoms with Crippen LogP contribution in [0.5, 0.6) is 17.2 Å². The Bertz CT molecular complexity index is 1350. The van der Waals surface area contributed by atoms with Gasteiger partial charge in [-0.3, -0.25) is 14.6 Å². The fourth-order valence-corrected chi connectivity index (χ4v) is 3.44. The molecule has 2 N–H and O–H groups in total. The summed E-state index contributed by atoms with van der Waals surface area (Å²) in [5, 5.41) is 14.7. The maximum atomic E-state index is 12.7. The number of hydrogen-bond acceptors (Lipinski definition) is 7. The van der Waals surface area contributed by atoms with Crippen molar-refractivity contribution in [1.82, 2.24) is 15.3 Å². The predicted molar refractivity (Wildman–Crippen MR) is 123 cm³/mol. The molecule has 4 rings (SSSR count). The Labute approximate surface area is 189 Å². The summed E-state index contributed by atoms with van der Waals surface area (Å²) in [6.07, 6.45) is 3.31. The first-order valence-electron chi connectivity index (χ1n) is 10.1. The first kappa shape index (κ1) is 21.8. The van der Waals surface area contributed by atoms with E-state index >= 15 is 0 Å². The van der Waals surface area contributed by atoms with Gasteiger partial charge in [-0.25, -0.2) is 4.98 Å². The number of aromatic nitrogens is 2. The van der Waals surface area contributed by atoms with Gasteiger partial charge in [0.25, 0.3) is 5.91 Å². The van der Waals surface area contributed by atoms with E-state index in [4.69, 9.17) is 9.47 Å². The number of benzene rings is 2. The molecule has 2 heterocycles.